The maximum atomic E-state index is 13.3. The van der Waals surface area contributed by atoms with Gasteiger partial charge in [0.05, 0.1) is 32.3 Å². The second-order valence-electron chi connectivity index (χ2n) is 13.8. The number of nitrogens with one attached hydrogen (secondary N) is 2. The molecule has 4 aromatic rings. The summed E-state index contributed by atoms with van der Waals surface area (Å²) in [6.07, 6.45) is -5.99. The fraction of sp³-hybridized carbons (Fsp3) is 0.227. The molecule has 64 heavy (non-hydrogen) atoms. The van der Waals surface area contributed by atoms with Gasteiger partial charge in [-0.2, -0.15) is 26.3 Å². The van der Waals surface area contributed by atoms with Crippen LogP contribution in [0.3, 0.4) is 0 Å². The maximum absolute atomic E-state index is 13.3. The van der Waals surface area contributed by atoms with Gasteiger partial charge < -0.3 is 20.1 Å². The van der Waals surface area contributed by atoms with Gasteiger partial charge in [0, 0.05) is 37.1 Å². The molecular formula is C44H36F6N4O6S4. The van der Waals surface area contributed by atoms with Crippen LogP contribution in [0.25, 0.3) is 12.2 Å². The highest BCUT2D eigenvalue weighted by molar-refractivity contribution is 8.27. The van der Waals surface area contributed by atoms with E-state index in [0.717, 1.165) is 35.7 Å². The highest BCUT2D eigenvalue weighted by atomic mass is 32.2. The molecule has 334 valence electrons. The van der Waals surface area contributed by atoms with Gasteiger partial charge in [0.2, 0.25) is 11.8 Å². The molecule has 4 amide bonds. The van der Waals surface area contributed by atoms with Gasteiger partial charge in [0.25, 0.3) is 11.8 Å². The molecule has 0 unspecified atom stereocenters. The zero-order valence-electron chi connectivity index (χ0n) is 33.3. The van der Waals surface area contributed by atoms with Crippen LogP contribution < -0.4 is 20.1 Å². The van der Waals surface area contributed by atoms with Crippen molar-refractivity contribution in [3.8, 4) is 11.5 Å². The number of benzene rings is 4. The smallest absolute Gasteiger partial charge is 0.418 e. The third kappa shape index (κ3) is 12.5. The molecule has 0 atom stereocenters. The summed E-state index contributed by atoms with van der Waals surface area (Å²) in [4.78, 5) is 54.9. The number of thiocarbonyl (C=S) groups is 2. The van der Waals surface area contributed by atoms with E-state index in [4.69, 9.17) is 33.9 Å². The molecule has 0 spiro atoms. The van der Waals surface area contributed by atoms with Gasteiger partial charge >= 0.3 is 12.4 Å². The average Bonchev–Trinajstić information content (AvgIpc) is 3.66. The average molecular weight is 959 g/mol. The molecule has 2 fully saturated rings. The van der Waals surface area contributed by atoms with Crippen molar-refractivity contribution in [2.45, 2.75) is 38.0 Å². The Balaban J connectivity index is 0.981. The van der Waals surface area contributed by atoms with Gasteiger partial charge in [-0.05, 0) is 61.4 Å². The van der Waals surface area contributed by atoms with Gasteiger partial charge in [-0.25, -0.2) is 0 Å². The van der Waals surface area contributed by atoms with Crippen molar-refractivity contribution in [2.75, 3.05) is 36.9 Å². The molecule has 2 N–H and O–H groups in total. The summed E-state index contributed by atoms with van der Waals surface area (Å²) in [6.45, 7) is 0.342. The van der Waals surface area contributed by atoms with Gasteiger partial charge in [-0.3, -0.25) is 29.0 Å². The van der Waals surface area contributed by atoms with Crippen molar-refractivity contribution >= 4 is 104 Å². The Labute approximate surface area is 382 Å². The molecule has 10 nitrogen and oxygen atoms in total. The monoisotopic (exact) mass is 958 g/mol. The van der Waals surface area contributed by atoms with E-state index in [2.05, 4.69) is 10.6 Å². The first-order valence-corrected chi connectivity index (χ1v) is 21.8. The Kier molecular flexibility index (Phi) is 15.9. The Morgan fingerprint density at radius 1 is 0.578 bits per heavy atom. The summed E-state index contributed by atoms with van der Waals surface area (Å²) in [6, 6.07) is 23.3. The van der Waals surface area contributed by atoms with Crippen molar-refractivity contribution in [1.82, 2.24) is 9.80 Å². The molecule has 0 aliphatic carbocycles. The standard InChI is InChI=1S/C44H36F6N4O6S4/c45-43(46,47)29-13-3-5-15-31(29)51-37(55)19-9-21-53-39(57)35(63-41(53)61)25-27-11-1-7-17-33(27)59-23-24-60-34-18-8-2-12-28(34)26-36-40(58)54(42(62)64-36)22-10-20-38(56)52-32-16-6-4-14-30(32)44(48,49)50/h1-8,11-18,25-26H,9-10,19-24H2,(H,51,55)(H,52,56)/b35-25-,36-26-. The van der Waals surface area contributed by atoms with E-state index in [1.54, 1.807) is 60.7 Å². The minimum atomic E-state index is -4.64. The predicted octanol–water partition coefficient (Wildman–Crippen LogP) is 10.4. The number of para-hydroxylation sites is 4. The third-order valence-electron chi connectivity index (χ3n) is 9.34. The fourth-order valence-electron chi connectivity index (χ4n) is 6.33. The van der Waals surface area contributed by atoms with Crippen LogP contribution in [-0.2, 0) is 31.5 Å². The highest BCUT2D eigenvalue weighted by Gasteiger charge is 2.36. The number of amides is 4. The Morgan fingerprint density at radius 2 is 0.938 bits per heavy atom. The number of carbonyl (C=O) groups excluding carboxylic acids is 4. The van der Waals surface area contributed by atoms with Crippen molar-refractivity contribution in [1.29, 1.82) is 0 Å². The van der Waals surface area contributed by atoms with E-state index < -0.39 is 35.3 Å². The van der Waals surface area contributed by atoms with Crippen molar-refractivity contribution in [3.63, 3.8) is 0 Å². The number of carbonyl (C=O) groups is 4. The van der Waals surface area contributed by atoms with E-state index in [0.29, 0.717) is 32.4 Å². The Hall–Kier alpha value is -5.70. The first-order chi connectivity index (χ1) is 30.5. The third-order valence-corrected chi connectivity index (χ3v) is 12.1. The Bertz CT molecular complexity index is 2340. The number of hydrogen-bond donors (Lipinski definition) is 2. The molecule has 0 radical (unpaired) electrons. The number of nitrogens with zero attached hydrogens (tertiary/aromatic N) is 2. The summed E-state index contributed by atoms with van der Waals surface area (Å²) < 4.78 is 92.6. The zero-order valence-corrected chi connectivity index (χ0v) is 36.6. The molecule has 2 aliphatic rings. The number of anilines is 2. The van der Waals surface area contributed by atoms with E-state index in [1.807, 2.05) is 0 Å². The first-order valence-electron chi connectivity index (χ1n) is 19.4. The van der Waals surface area contributed by atoms with Crippen LogP contribution in [0.4, 0.5) is 37.7 Å². The minimum Gasteiger partial charge on any atom is -0.489 e. The molecule has 6 rings (SSSR count). The second-order valence-corrected chi connectivity index (χ2v) is 17.2. The molecular weight excluding hydrogens is 923 g/mol. The highest BCUT2D eigenvalue weighted by Crippen LogP contribution is 2.38. The quantitative estimate of drug-likeness (QED) is 0.0459. The minimum absolute atomic E-state index is 0.0807. The van der Waals surface area contributed by atoms with Crippen LogP contribution in [-0.4, -0.2) is 68.4 Å². The van der Waals surface area contributed by atoms with Gasteiger partial charge in [0.1, 0.15) is 33.4 Å². The summed E-state index contributed by atoms with van der Waals surface area (Å²) in [5, 5.41) is 4.59. The molecule has 2 heterocycles. The van der Waals surface area contributed by atoms with E-state index in [-0.39, 0.29) is 83.8 Å². The lowest BCUT2D eigenvalue weighted by molar-refractivity contribution is -0.138. The zero-order chi connectivity index (χ0) is 46.0. The van der Waals surface area contributed by atoms with E-state index >= 15 is 0 Å². The molecule has 4 aromatic carbocycles. The predicted molar refractivity (Wildman–Crippen MR) is 242 cm³/mol. The number of halogens is 6. The Morgan fingerprint density at radius 3 is 1.33 bits per heavy atom. The van der Waals surface area contributed by atoms with Crippen LogP contribution >= 0.6 is 48.0 Å². The van der Waals surface area contributed by atoms with Crippen LogP contribution in [0, 0.1) is 0 Å². The van der Waals surface area contributed by atoms with Crippen LogP contribution in [0.2, 0.25) is 0 Å². The molecule has 0 aromatic heterocycles. The van der Waals surface area contributed by atoms with Gasteiger partial charge in [0.15, 0.2) is 0 Å². The van der Waals surface area contributed by atoms with Crippen molar-refractivity contribution in [3.05, 3.63) is 129 Å². The van der Waals surface area contributed by atoms with Crippen molar-refractivity contribution in [2.24, 2.45) is 0 Å². The van der Waals surface area contributed by atoms with Crippen LogP contribution in [0.15, 0.2) is 107 Å². The van der Waals surface area contributed by atoms with Crippen LogP contribution in [0.5, 0.6) is 11.5 Å². The number of rotatable bonds is 17. The van der Waals surface area contributed by atoms with Gasteiger partial charge in [-0.15, -0.1) is 0 Å². The maximum Gasteiger partial charge on any atom is 0.418 e. The van der Waals surface area contributed by atoms with Crippen molar-refractivity contribution < 1.29 is 55.0 Å². The summed E-state index contributed by atoms with van der Waals surface area (Å²) in [7, 11) is 0. The normalized spacial score (nSPS) is 15.7. The second kappa shape index (κ2) is 21.3. The van der Waals surface area contributed by atoms with Crippen LogP contribution in [0.1, 0.15) is 47.9 Å². The summed E-state index contributed by atoms with van der Waals surface area (Å²) >= 11 is 13.0. The number of hydrogen-bond acceptors (Lipinski definition) is 10. The number of thioether (sulfide) groups is 2. The van der Waals surface area contributed by atoms with E-state index in [9.17, 15) is 45.5 Å². The first kappa shape index (κ1) is 47.8. The number of alkyl halides is 6. The summed E-state index contributed by atoms with van der Waals surface area (Å²) in [5.41, 5.74) is -1.45. The lowest BCUT2D eigenvalue weighted by Crippen LogP contribution is -2.29. The number of ether oxygens (including phenoxy) is 2. The fourth-order valence-corrected chi connectivity index (χ4v) is 8.93. The molecule has 0 bridgehead atoms. The summed E-state index contributed by atoms with van der Waals surface area (Å²) in [5.74, 6) is -1.14. The SMILES string of the molecule is O=C(CCCN1C(=O)/C(=C/c2ccccc2OCCOc2ccccc2/C=C2\SC(=S)N(CCCC(=O)Nc3ccccc3C(F)(F)F)C2=O)SC1=S)Nc1ccccc1C(F)(F)F. The van der Waals surface area contributed by atoms with Gasteiger partial charge in [-0.1, -0.05) is 109 Å². The molecule has 2 aliphatic heterocycles. The molecule has 20 heteroatoms. The topological polar surface area (TPSA) is 117 Å². The molecule has 2 saturated heterocycles. The lowest BCUT2D eigenvalue weighted by atomic mass is 10.1. The largest absolute Gasteiger partial charge is 0.489 e. The lowest BCUT2D eigenvalue weighted by Gasteiger charge is -2.15. The van der Waals surface area contributed by atoms with E-state index in [1.165, 1.54) is 46.2 Å². The molecule has 0 saturated carbocycles.